The highest BCUT2D eigenvalue weighted by molar-refractivity contribution is 5.48. The summed E-state index contributed by atoms with van der Waals surface area (Å²) >= 11 is 0. The normalized spacial score (nSPS) is 18.3. The molecule has 0 radical (unpaired) electrons. The van der Waals surface area contributed by atoms with E-state index < -0.39 is 0 Å². The topological polar surface area (TPSA) is 52.9 Å². The standard InChI is InChI=1S/C17H23NO3/c1-21-17-6-5-14(10-16(17)4-2-3-9-19)11-18-8-7-15(12-18)13-20/h5-6,10,15,19-20H,3,7-9,11-13H2,1H3. The van der Waals surface area contributed by atoms with Gasteiger partial charge in [-0.05, 0) is 36.6 Å². The van der Waals surface area contributed by atoms with Crippen molar-refractivity contribution in [1.82, 2.24) is 4.90 Å². The molecule has 114 valence electrons. The van der Waals surface area contributed by atoms with Crippen molar-refractivity contribution in [2.45, 2.75) is 19.4 Å². The Balaban J connectivity index is 2.07. The molecule has 0 aromatic heterocycles. The van der Waals surface area contributed by atoms with E-state index in [4.69, 9.17) is 9.84 Å². The van der Waals surface area contributed by atoms with Crippen LogP contribution in [0, 0.1) is 17.8 Å². The van der Waals surface area contributed by atoms with Crippen molar-refractivity contribution in [3.8, 4) is 17.6 Å². The predicted octanol–water partition coefficient (Wildman–Crippen LogP) is 1.24. The molecule has 1 fully saturated rings. The van der Waals surface area contributed by atoms with Gasteiger partial charge in [0.1, 0.15) is 5.75 Å². The fourth-order valence-corrected chi connectivity index (χ4v) is 2.63. The lowest BCUT2D eigenvalue weighted by Gasteiger charge is -2.16. The van der Waals surface area contributed by atoms with E-state index in [1.165, 1.54) is 5.56 Å². The van der Waals surface area contributed by atoms with E-state index in [0.717, 1.165) is 37.4 Å². The number of hydrogen-bond donors (Lipinski definition) is 2. The van der Waals surface area contributed by atoms with Crippen molar-refractivity contribution in [1.29, 1.82) is 0 Å². The number of aliphatic hydroxyl groups is 2. The Morgan fingerprint density at radius 1 is 1.38 bits per heavy atom. The van der Waals surface area contributed by atoms with Crippen molar-refractivity contribution in [3.05, 3.63) is 29.3 Å². The average Bonchev–Trinajstić information content (AvgIpc) is 2.95. The van der Waals surface area contributed by atoms with Crippen molar-refractivity contribution in [3.63, 3.8) is 0 Å². The summed E-state index contributed by atoms with van der Waals surface area (Å²) in [5.41, 5.74) is 2.06. The fourth-order valence-electron chi connectivity index (χ4n) is 2.63. The minimum Gasteiger partial charge on any atom is -0.495 e. The first-order valence-corrected chi connectivity index (χ1v) is 7.36. The largest absolute Gasteiger partial charge is 0.495 e. The molecule has 4 nitrogen and oxygen atoms in total. The molecule has 2 rings (SSSR count). The Morgan fingerprint density at radius 3 is 2.90 bits per heavy atom. The zero-order chi connectivity index (χ0) is 15.1. The van der Waals surface area contributed by atoms with E-state index in [2.05, 4.69) is 28.9 Å². The van der Waals surface area contributed by atoms with Crippen LogP contribution in [-0.2, 0) is 6.54 Å². The van der Waals surface area contributed by atoms with Gasteiger partial charge in [0.15, 0.2) is 0 Å². The van der Waals surface area contributed by atoms with Crippen LogP contribution in [0.1, 0.15) is 24.0 Å². The number of ether oxygens (including phenoxy) is 1. The summed E-state index contributed by atoms with van der Waals surface area (Å²) in [4.78, 5) is 2.35. The Bertz CT molecular complexity index is 519. The highest BCUT2D eigenvalue weighted by atomic mass is 16.5. The lowest BCUT2D eigenvalue weighted by atomic mass is 10.1. The number of likely N-dealkylation sites (tertiary alicyclic amines) is 1. The number of nitrogens with zero attached hydrogens (tertiary/aromatic N) is 1. The Hall–Kier alpha value is -1.54. The van der Waals surface area contributed by atoms with Crippen LogP contribution in [0.2, 0.25) is 0 Å². The van der Waals surface area contributed by atoms with E-state index in [-0.39, 0.29) is 13.2 Å². The highest BCUT2D eigenvalue weighted by Crippen LogP contribution is 2.22. The first kappa shape index (κ1) is 15.8. The van der Waals surface area contributed by atoms with Crippen LogP contribution in [0.5, 0.6) is 5.75 Å². The molecule has 21 heavy (non-hydrogen) atoms. The van der Waals surface area contributed by atoms with Crippen molar-refractivity contribution in [2.75, 3.05) is 33.4 Å². The van der Waals surface area contributed by atoms with Crippen molar-refractivity contribution < 1.29 is 14.9 Å². The lowest BCUT2D eigenvalue weighted by molar-refractivity contribution is 0.220. The molecule has 0 bridgehead atoms. The quantitative estimate of drug-likeness (QED) is 0.801. The third-order valence-electron chi connectivity index (χ3n) is 3.76. The zero-order valence-electron chi connectivity index (χ0n) is 12.5. The van der Waals surface area contributed by atoms with E-state index in [1.54, 1.807) is 7.11 Å². The van der Waals surface area contributed by atoms with E-state index >= 15 is 0 Å². The Kier molecular flexibility index (Phi) is 6.06. The van der Waals surface area contributed by atoms with Gasteiger partial charge in [0.2, 0.25) is 0 Å². The molecule has 1 unspecified atom stereocenters. The smallest absolute Gasteiger partial charge is 0.134 e. The highest BCUT2D eigenvalue weighted by Gasteiger charge is 2.21. The molecule has 2 N–H and O–H groups in total. The van der Waals surface area contributed by atoms with Crippen LogP contribution in [0.25, 0.3) is 0 Å². The van der Waals surface area contributed by atoms with Gasteiger partial charge in [-0.15, -0.1) is 0 Å². The Labute approximate surface area is 126 Å². The maximum atomic E-state index is 9.20. The van der Waals surface area contributed by atoms with E-state index in [1.807, 2.05) is 6.07 Å². The summed E-state index contributed by atoms with van der Waals surface area (Å²) < 4.78 is 5.32. The molecule has 1 aliphatic rings. The van der Waals surface area contributed by atoms with Crippen LogP contribution < -0.4 is 4.74 Å². The number of aliphatic hydroxyl groups excluding tert-OH is 2. The summed E-state index contributed by atoms with van der Waals surface area (Å²) in [5, 5.41) is 18.0. The molecular formula is C17H23NO3. The molecule has 1 saturated heterocycles. The molecule has 1 aromatic carbocycles. The van der Waals surface area contributed by atoms with Gasteiger partial charge in [0.25, 0.3) is 0 Å². The summed E-state index contributed by atoms with van der Waals surface area (Å²) in [6, 6.07) is 6.05. The summed E-state index contributed by atoms with van der Waals surface area (Å²) in [7, 11) is 1.64. The first-order valence-electron chi connectivity index (χ1n) is 7.36. The Morgan fingerprint density at radius 2 is 2.24 bits per heavy atom. The number of hydrogen-bond acceptors (Lipinski definition) is 4. The molecular weight excluding hydrogens is 266 g/mol. The average molecular weight is 289 g/mol. The molecule has 4 heteroatoms. The van der Waals surface area contributed by atoms with Gasteiger partial charge in [0.05, 0.1) is 19.3 Å². The van der Waals surface area contributed by atoms with Gasteiger partial charge in [-0.25, -0.2) is 0 Å². The molecule has 0 spiro atoms. The number of benzene rings is 1. The monoisotopic (exact) mass is 289 g/mol. The fraction of sp³-hybridized carbons (Fsp3) is 0.529. The maximum absolute atomic E-state index is 9.20. The van der Waals surface area contributed by atoms with Crippen LogP contribution in [0.15, 0.2) is 18.2 Å². The van der Waals surface area contributed by atoms with Crippen LogP contribution in [-0.4, -0.2) is 48.5 Å². The van der Waals surface area contributed by atoms with E-state index in [9.17, 15) is 5.11 Å². The predicted molar refractivity (Wildman–Crippen MR) is 82.0 cm³/mol. The molecule has 0 aliphatic carbocycles. The van der Waals surface area contributed by atoms with Crippen LogP contribution in [0.4, 0.5) is 0 Å². The minimum absolute atomic E-state index is 0.0747. The number of methoxy groups -OCH3 is 1. The minimum atomic E-state index is 0.0747. The van der Waals surface area contributed by atoms with Gasteiger partial charge >= 0.3 is 0 Å². The van der Waals surface area contributed by atoms with Crippen LogP contribution in [0.3, 0.4) is 0 Å². The van der Waals surface area contributed by atoms with Crippen molar-refractivity contribution >= 4 is 0 Å². The molecule has 1 aromatic rings. The number of rotatable bonds is 5. The SMILES string of the molecule is COc1ccc(CN2CCC(CO)C2)cc1C#CCCO. The summed E-state index contributed by atoms with van der Waals surface area (Å²) in [6.07, 6.45) is 1.54. The second kappa shape index (κ2) is 8.04. The van der Waals surface area contributed by atoms with Gasteiger partial charge in [-0.2, -0.15) is 0 Å². The molecule has 1 aliphatic heterocycles. The lowest BCUT2D eigenvalue weighted by Crippen LogP contribution is -2.21. The summed E-state index contributed by atoms with van der Waals surface area (Å²) in [5.74, 6) is 7.17. The second-order valence-electron chi connectivity index (χ2n) is 5.38. The van der Waals surface area contributed by atoms with Gasteiger partial charge < -0.3 is 14.9 Å². The summed E-state index contributed by atoms with van der Waals surface area (Å²) in [6.45, 7) is 3.20. The van der Waals surface area contributed by atoms with Gasteiger partial charge in [-0.1, -0.05) is 17.9 Å². The third kappa shape index (κ3) is 4.47. The molecule has 0 saturated carbocycles. The molecule has 0 amide bonds. The van der Waals surface area contributed by atoms with Crippen molar-refractivity contribution in [2.24, 2.45) is 5.92 Å². The molecule has 1 atom stereocenters. The van der Waals surface area contributed by atoms with Crippen LogP contribution >= 0.6 is 0 Å². The first-order chi connectivity index (χ1) is 10.3. The van der Waals surface area contributed by atoms with Gasteiger partial charge in [0, 0.05) is 26.1 Å². The van der Waals surface area contributed by atoms with Gasteiger partial charge in [-0.3, -0.25) is 4.90 Å². The van der Waals surface area contributed by atoms with E-state index in [0.29, 0.717) is 12.3 Å². The second-order valence-corrected chi connectivity index (χ2v) is 5.38. The molecule has 1 heterocycles. The zero-order valence-corrected chi connectivity index (χ0v) is 12.5. The third-order valence-corrected chi connectivity index (χ3v) is 3.76. The maximum Gasteiger partial charge on any atom is 0.134 e.